The number of anilines is 1. The summed E-state index contributed by atoms with van der Waals surface area (Å²) in [4.78, 5) is 23.8. The predicted octanol–water partition coefficient (Wildman–Crippen LogP) is 5.46. The van der Waals surface area contributed by atoms with Crippen molar-refractivity contribution in [1.29, 1.82) is 0 Å². The minimum absolute atomic E-state index is 0.00885. The molecule has 0 spiro atoms. The third-order valence-electron chi connectivity index (χ3n) is 4.82. The van der Waals surface area contributed by atoms with Crippen LogP contribution in [0.1, 0.15) is 35.1 Å². The molecule has 0 radical (unpaired) electrons. The van der Waals surface area contributed by atoms with E-state index in [4.69, 9.17) is 4.74 Å². The first kappa shape index (κ1) is 25.5. The van der Waals surface area contributed by atoms with Crippen LogP contribution in [0.25, 0.3) is 0 Å². The molecule has 0 fully saturated rings. The van der Waals surface area contributed by atoms with Crippen LogP contribution >= 0.6 is 0 Å². The van der Waals surface area contributed by atoms with Gasteiger partial charge in [0.25, 0.3) is 0 Å². The van der Waals surface area contributed by atoms with Gasteiger partial charge < -0.3 is 10.1 Å². The molecule has 6 nitrogen and oxygen atoms in total. The molecule has 0 aliphatic carbocycles. The van der Waals surface area contributed by atoms with Gasteiger partial charge in [0.15, 0.2) is 0 Å². The first-order chi connectivity index (χ1) is 16.7. The molecule has 0 aromatic heterocycles. The number of hydrogen-bond acceptors (Lipinski definition) is 4. The van der Waals surface area contributed by atoms with E-state index < -0.39 is 23.6 Å². The lowest BCUT2D eigenvalue weighted by molar-refractivity contribution is -0.137. The van der Waals surface area contributed by atoms with Gasteiger partial charge in [0.1, 0.15) is 12.4 Å². The summed E-state index contributed by atoms with van der Waals surface area (Å²) in [5.74, 6) is -0.386. The van der Waals surface area contributed by atoms with Crippen LogP contribution in [-0.4, -0.2) is 18.0 Å². The molecule has 3 rings (SSSR count). The maximum absolute atomic E-state index is 12.7. The number of aryl methyl sites for hydroxylation is 1. The molecule has 182 valence electrons. The zero-order valence-electron chi connectivity index (χ0n) is 18.9. The van der Waals surface area contributed by atoms with Crippen LogP contribution in [0.15, 0.2) is 77.9 Å². The largest absolute Gasteiger partial charge is 0.489 e. The summed E-state index contributed by atoms with van der Waals surface area (Å²) in [5, 5.41) is 6.20. The van der Waals surface area contributed by atoms with Crippen molar-refractivity contribution in [2.45, 2.75) is 32.5 Å². The van der Waals surface area contributed by atoms with Crippen molar-refractivity contribution in [1.82, 2.24) is 5.43 Å². The lowest BCUT2D eigenvalue weighted by Crippen LogP contribution is -2.20. The molecule has 0 bridgehead atoms. The molecular weight excluding hydrogens is 459 g/mol. The minimum atomic E-state index is -4.51. The van der Waals surface area contributed by atoms with Crippen LogP contribution in [0.5, 0.6) is 5.75 Å². The van der Waals surface area contributed by atoms with Crippen LogP contribution in [0.4, 0.5) is 18.9 Å². The van der Waals surface area contributed by atoms with Crippen molar-refractivity contribution in [3.8, 4) is 5.75 Å². The second-order valence-corrected chi connectivity index (χ2v) is 7.77. The monoisotopic (exact) mass is 483 g/mol. The molecule has 0 heterocycles. The molecule has 9 heteroatoms. The molecule has 3 aromatic carbocycles. The number of hydrogen-bond donors (Lipinski definition) is 2. The van der Waals surface area contributed by atoms with Crippen LogP contribution in [0.3, 0.4) is 0 Å². The Labute approximate surface area is 200 Å². The summed E-state index contributed by atoms with van der Waals surface area (Å²) in [6, 6.07) is 19.5. The first-order valence-electron chi connectivity index (χ1n) is 10.8. The summed E-state index contributed by atoms with van der Waals surface area (Å²) < 4.78 is 44.0. The van der Waals surface area contributed by atoms with Crippen LogP contribution in [-0.2, 0) is 22.4 Å². The number of alkyl halides is 3. The maximum atomic E-state index is 12.7. The highest BCUT2D eigenvalue weighted by Crippen LogP contribution is 2.30. The Morgan fingerprint density at radius 1 is 0.943 bits per heavy atom. The molecule has 0 aliphatic heterocycles. The van der Waals surface area contributed by atoms with E-state index in [2.05, 4.69) is 21.9 Å². The van der Waals surface area contributed by atoms with Gasteiger partial charge >= 0.3 is 6.18 Å². The van der Waals surface area contributed by atoms with Crippen molar-refractivity contribution in [2.24, 2.45) is 5.10 Å². The Morgan fingerprint density at radius 2 is 1.66 bits per heavy atom. The standard InChI is InChI=1S/C26H24F3N3O3/c1-18-4-2-5-20(14-18)17-35-23-10-8-19(9-11-23)16-30-32-25(34)13-12-24(33)31-22-7-3-6-21(15-22)26(27,28)29/h2-11,14-16H,12-13,17H2,1H3,(H,31,33)(H,32,34). The highest BCUT2D eigenvalue weighted by molar-refractivity contribution is 5.93. The Morgan fingerprint density at radius 3 is 2.37 bits per heavy atom. The molecule has 35 heavy (non-hydrogen) atoms. The molecule has 0 saturated carbocycles. The first-order valence-corrected chi connectivity index (χ1v) is 10.8. The average Bonchev–Trinajstić information content (AvgIpc) is 2.82. The van der Waals surface area contributed by atoms with Crippen LogP contribution in [0, 0.1) is 6.92 Å². The zero-order valence-corrected chi connectivity index (χ0v) is 18.9. The van der Waals surface area contributed by atoms with E-state index in [1.807, 2.05) is 25.1 Å². The number of hydrazone groups is 1. The third-order valence-corrected chi connectivity index (χ3v) is 4.82. The summed E-state index contributed by atoms with van der Waals surface area (Å²) in [6.07, 6.45) is -3.43. The van der Waals surface area contributed by atoms with Gasteiger partial charge in [0.05, 0.1) is 11.8 Å². The summed E-state index contributed by atoms with van der Waals surface area (Å²) in [6.45, 7) is 2.47. The lowest BCUT2D eigenvalue weighted by Gasteiger charge is -2.09. The number of nitrogens with one attached hydrogen (secondary N) is 2. The van der Waals surface area contributed by atoms with Crippen molar-refractivity contribution in [3.05, 3.63) is 95.1 Å². The van der Waals surface area contributed by atoms with Crippen molar-refractivity contribution in [2.75, 3.05) is 5.32 Å². The van der Waals surface area contributed by atoms with E-state index in [1.165, 1.54) is 18.3 Å². The number of benzene rings is 3. The average molecular weight is 483 g/mol. The number of amides is 2. The zero-order chi connectivity index (χ0) is 25.3. The fourth-order valence-corrected chi connectivity index (χ4v) is 3.08. The van der Waals surface area contributed by atoms with Gasteiger partial charge in [-0.05, 0) is 60.5 Å². The van der Waals surface area contributed by atoms with Crippen molar-refractivity contribution < 1.29 is 27.5 Å². The van der Waals surface area contributed by atoms with E-state index in [0.717, 1.165) is 28.8 Å². The van der Waals surface area contributed by atoms with Crippen molar-refractivity contribution >= 4 is 23.7 Å². The van der Waals surface area contributed by atoms with Gasteiger partial charge in [-0.1, -0.05) is 35.9 Å². The molecule has 2 N–H and O–H groups in total. The summed E-state index contributed by atoms with van der Waals surface area (Å²) >= 11 is 0. The Bertz CT molecular complexity index is 1190. The van der Waals surface area contributed by atoms with Gasteiger partial charge in [-0.25, -0.2) is 5.43 Å². The SMILES string of the molecule is Cc1cccc(COc2ccc(C=NNC(=O)CCC(=O)Nc3cccc(C(F)(F)F)c3)cc2)c1. The Balaban J connectivity index is 1.39. The fourth-order valence-electron chi connectivity index (χ4n) is 3.08. The smallest absolute Gasteiger partial charge is 0.416 e. The minimum Gasteiger partial charge on any atom is -0.489 e. The van der Waals surface area contributed by atoms with Crippen LogP contribution in [0.2, 0.25) is 0 Å². The van der Waals surface area contributed by atoms with Crippen molar-refractivity contribution in [3.63, 3.8) is 0 Å². The van der Waals surface area contributed by atoms with E-state index in [9.17, 15) is 22.8 Å². The molecule has 2 amide bonds. The number of ether oxygens (including phenoxy) is 1. The molecule has 0 unspecified atom stereocenters. The highest BCUT2D eigenvalue weighted by atomic mass is 19.4. The second-order valence-electron chi connectivity index (χ2n) is 7.77. The molecule has 0 aliphatic rings. The molecular formula is C26H24F3N3O3. The van der Waals surface area contributed by atoms with Gasteiger partial charge in [0, 0.05) is 18.5 Å². The molecule has 0 atom stereocenters. The molecule has 0 saturated heterocycles. The third kappa shape index (κ3) is 8.62. The van der Waals surface area contributed by atoms with Gasteiger partial charge in [-0.2, -0.15) is 18.3 Å². The van der Waals surface area contributed by atoms with Gasteiger partial charge in [-0.3, -0.25) is 9.59 Å². The number of carbonyl (C=O) groups is 2. The normalized spacial score (nSPS) is 11.3. The topological polar surface area (TPSA) is 79.8 Å². The van der Waals surface area contributed by atoms with Gasteiger partial charge in [0.2, 0.25) is 11.8 Å². The van der Waals surface area contributed by atoms with Crippen LogP contribution < -0.4 is 15.5 Å². The van der Waals surface area contributed by atoms with E-state index in [1.54, 1.807) is 24.3 Å². The second kappa shape index (κ2) is 11.8. The van der Waals surface area contributed by atoms with E-state index >= 15 is 0 Å². The lowest BCUT2D eigenvalue weighted by atomic mass is 10.1. The van der Waals surface area contributed by atoms with Gasteiger partial charge in [-0.15, -0.1) is 0 Å². The molecule has 3 aromatic rings. The number of carbonyl (C=O) groups excluding carboxylic acids is 2. The number of rotatable bonds is 9. The fraction of sp³-hybridized carbons (Fsp3) is 0.192. The highest BCUT2D eigenvalue weighted by Gasteiger charge is 2.30. The van der Waals surface area contributed by atoms with E-state index in [0.29, 0.717) is 12.4 Å². The predicted molar refractivity (Wildman–Crippen MR) is 127 cm³/mol. The Hall–Kier alpha value is -4.14. The summed E-state index contributed by atoms with van der Waals surface area (Å²) in [7, 11) is 0. The quantitative estimate of drug-likeness (QED) is 0.313. The number of halogens is 3. The summed E-state index contributed by atoms with van der Waals surface area (Å²) in [5.41, 5.74) is 4.42. The Kier molecular flexibility index (Phi) is 8.61. The number of nitrogens with zero attached hydrogens (tertiary/aromatic N) is 1. The van der Waals surface area contributed by atoms with E-state index in [-0.39, 0.29) is 18.5 Å². The maximum Gasteiger partial charge on any atom is 0.416 e.